The lowest BCUT2D eigenvalue weighted by atomic mass is 10.2. The number of esters is 1. The monoisotopic (exact) mass is 421 g/mol. The van der Waals surface area contributed by atoms with Crippen LogP contribution in [0.25, 0.3) is 0 Å². The maximum atomic E-state index is 11.0. The molecule has 26 heavy (non-hydrogen) atoms. The first kappa shape index (κ1) is 32.5. The number of nitrogens with zero attached hydrogens (tertiary/aromatic N) is 1. The van der Waals surface area contributed by atoms with E-state index in [2.05, 4.69) is 0 Å². The van der Waals surface area contributed by atoms with Crippen molar-refractivity contribution in [2.45, 2.75) is 44.8 Å². The number of hydrogen-bond donors (Lipinski definition) is 3. The normalized spacial score (nSPS) is 12.2. The molecule has 0 aliphatic carbocycles. The minimum Gasteiger partial charge on any atom is -0.550 e. The molecule has 0 rings (SSSR count). The summed E-state index contributed by atoms with van der Waals surface area (Å²) in [5.74, 6) is -2.53. The van der Waals surface area contributed by atoms with Gasteiger partial charge in [-0.2, -0.15) is 0 Å². The van der Waals surface area contributed by atoms with Gasteiger partial charge in [0.25, 0.3) is 0 Å². The van der Waals surface area contributed by atoms with Gasteiger partial charge in [-0.15, -0.1) is 24.8 Å². The lowest BCUT2D eigenvalue weighted by Gasteiger charge is -2.29. The van der Waals surface area contributed by atoms with Gasteiger partial charge < -0.3 is 35.7 Å². The van der Waals surface area contributed by atoms with Crippen LogP contribution in [0, 0.1) is 0 Å². The molecule has 2 unspecified atom stereocenters. The molecule has 0 aliphatic rings. The summed E-state index contributed by atoms with van der Waals surface area (Å²) in [6, 6.07) is -0.742. The van der Waals surface area contributed by atoms with Crippen LogP contribution in [0.1, 0.15) is 32.6 Å². The molecule has 0 amide bonds. The number of quaternary nitrogens is 1. The van der Waals surface area contributed by atoms with Gasteiger partial charge in [0.1, 0.15) is 12.6 Å². The zero-order valence-electron chi connectivity index (χ0n) is 15.8. The quantitative estimate of drug-likeness (QED) is 0.303. The second-order valence-corrected chi connectivity index (χ2v) is 6.39. The van der Waals surface area contributed by atoms with E-state index in [0.29, 0.717) is 30.4 Å². The van der Waals surface area contributed by atoms with Gasteiger partial charge in [0, 0.05) is 18.8 Å². The molecule has 2 atom stereocenters. The molecule has 0 spiro atoms. The Morgan fingerprint density at radius 1 is 1.19 bits per heavy atom. The molecule has 0 aromatic rings. The highest BCUT2D eigenvalue weighted by molar-refractivity contribution is 5.85. The number of likely N-dealkylation sites (N-methyl/N-ethyl adjacent to an activating group) is 1. The van der Waals surface area contributed by atoms with Gasteiger partial charge in [0.2, 0.25) is 0 Å². The van der Waals surface area contributed by atoms with Crippen molar-refractivity contribution >= 4 is 42.7 Å². The Morgan fingerprint density at radius 2 is 1.69 bits per heavy atom. The molecular formula is C15H33Cl2N3O6. The van der Waals surface area contributed by atoms with Crippen LogP contribution in [0.5, 0.6) is 0 Å². The third-order valence-corrected chi connectivity index (χ3v) is 2.77. The summed E-state index contributed by atoms with van der Waals surface area (Å²) in [7, 11) is 5.71. The van der Waals surface area contributed by atoms with E-state index in [0.717, 1.165) is 0 Å². The van der Waals surface area contributed by atoms with Crippen LogP contribution < -0.4 is 16.6 Å². The zero-order chi connectivity index (χ0) is 19.3. The van der Waals surface area contributed by atoms with E-state index in [4.69, 9.17) is 21.3 Å². The Morgan fingerprint density at radius 3 is 2.00 bits per heavy atom. The Labute approximate surface area is 167 Å². The number of rotatable bonds is 10. The van der Waals surface area contributed by atoms with E-state index < -0.39 is 24.1 Å². The first-order chi connectivity index (χ1) is 10.9. The smallest absolute Gasteiger partial charge is 0.320 e. The number of aliphatic carboxylic acids is 2. The molecule has 0 bridgehead atoms. The predicted molar refractivity (Wildman–Crippen MR) is 101 cm³/mol. The van der Waals surface area contributed by atoms with Gasteiger partial charge in [-0.3, -0.25) is 9.59 Å². The second kappa shape index (κ2) is 17.3. The molecule has 5 N–H and O–H groups in total. The van der Waals surface area contributed by atoms with Crippen LogP contribution in [0.3, 0.4) is 0 Å². The van der Waals surface area contributed by atoms with Gasteiger partial charge >= 0.3 is 11.9 Å². The van der Waals surface area contributed by atoms with E-state index in [1.54, 1.807) is 6.92 Å². The SMILES string of the molecule is CCC(=O)OC(CC(=O)[O-])C[N+](C)(C)C.Cl.Cl.NCCCC(N)C(=O)O. The van der Waals surface area contributed by atoms with Crippen LogP contribution in [0.2, 0.25) is 0 Å². The standard InChI is InChI=1S/C10H19NO4.C5H12N2O2.2ClH/c1-5-10(14)15-8(6-9(12)13)7-11(2,3)4;6-3-1-2-4(7)5(8)9;;/h8H,5-7H2,1-4H3;4H,1-3,6-7H2,(H,8,9);2*1H. The summed E-state index contributed by atoms with van der Waals surface area (Å²) < 4.78 is 5.55. The summed E-state index contributed by atoms with van der Waals surface area (Å²) in [6.07, 6.45) is 0.531. The summed E-state index contributed by atoms with van der Waals surface area (Å²) in [5.41, 5.74) is 10.3. The number of carboxylic acids is 2. The van der Waals surface area contributed by atoms with E-state index in [9.17, 15) is 19.5 Å². The highest BCUT2D eigenvalue weighted by Crippen LogP contribution is 2.05. The van der Waals surface area contributed by atoms with Crippen molar-refractivity contribution in [3.8, 4) is 0 Å². The van der Waals surface area contributed by atoms with Gasteiger partial charge in [-0.05, 0) is 19.4 Å². The molecule has 0 saturated heterocycles. The van der Waals surface area contributed by atoms with E-state index in [-0.39, 0.29) is 43.6 Å². The Balaban J connectivity index is -0.000000192. The molecule has 158 valence electrons. The first-order valence-electron chi connectivity index (χ1n) is 7.81. The topological polar surface area (TPSA) is 156 Å². The van der Waals surface area contributed by atoms with Crippen LogP contribution in [-0.2, 0) is 19.1 Å². The third kappa shape index (κ3) is 22.9. The van der Waals surface area contributed by atoms with Crippen molar-refractivity contribution in [2.24, 2.45) is 11.5 Å². The highest BCUT2D eigenvalue weighted by atomic mass is 35.5. The summed E-state index contributed by atoms with van der Waals surface area (Å²) in [4.78, 5) is 31.5. The molecule has 0 radical (unpaired) electrons. The number of carboxylic acid groups (broad SMARTS) is 2. The number of halogens is 2. The second-order valence-electron chi connectivity index (χ2n) is 6.39. The van der Waals surface area contributed by atoms with Crippen molar-refractivity contribution in [3.63, 3.8) is 0 Å². The van der Waals surface area contributed by atoms with Gasteiger partial charge in [-0.1, -0.05) is 6.92 Å². The number of carbonyl (C=O) groups is 3. The van der Waals surface area contributed by atoms with Crippen LogP contribution >= 0.6 is 24.8 Å². The largest absolute Gasteiger partial charge is 0.550 e. The van der Waals surface area contributed by atoms with Crippen LogP contribution in [0.4, 0.5) is 0 Å². The molecule has 0 heterocycles. The fourth-order valence-corrected chi connectivity index (χ4v) is 1.67. The van der Waals surface area contributed by atoms with Gasteiger partial charge in [-0.25, -0.2) is 0 Å². The summed E-state index contributed by atoms with van der Waals surface area (Å²) in [6.45, 7) is 2.63. The number of hydrogen-bond acceptors (Lipinski definition) is 7. The summed E-state index contributed by atoms with van der Waals surface area (Å²) in [5, 5.41) is 18.7. The van der Waals surface area contributed by atoms with E-state index in [1.807, 2.05) is 21.1 Å². The van der Waals surface area contributed by atoms with Crippen LogP contribution in [-0.4, -0.2) is 73.9 Å². The molecule has 11 heteroatoms. The average Bonchev–Trinajstić information content (AvgIpc) is 2.42. The van der Waals surface area contributed by atoms with Gasteiger partial charge in [0.15, 0.2) is 6.10 Å². The fourth-order valence-electron chi connectivity index (χ4n) is 1.67. The molecule has 0 aromatic heterocycles. The molecule has 0 aliphatic heterocycles. The van der Waals surface area contributed by atoms with Crippen molar-refractivity contribution in [1.82, 2.24) is 0 Å². The van der Waals surface area contributed by atoms with Crippen molar-refractivity contribution in [1.29, 1.82) is 0 Å². The minimum atomic E-state index is -1.20. The lowest BCUT2D eigenvalue weighted by molar-refractivity contribution is -0.873. The van der Waals surface area contributed by atoms with Crippen LogP contribution in [0.15, 0.2) is 0 Å². The Hall–Kier alpha value is -1.13. The van der Waals surface area contributed by atoms with Crippen molar-refractivity contribution < 1.29 is 33.8 Å². The number of carbonyl (C=O) groups excluding carboxylic acids is 2. The fraction of sp³-hybridized carbons (Fsp3) is 0.800. The van der Waals surface area contributed by atoms with Crippen molar-refractivity contribution in [2.75, 3.05) is 34.2 Å². The average molecular weight is 422 g/mol. The van der Waals surface area contributed by atoms with E-state index >= 15 is 0 Å². The predicted octanol–water partition coefficient (Wildman–Crippen LogP) is -0.865. The zero-order valence-corrected chi connectivity index (χ0v) is 17.4. The Kier molecular flexibility index (Phi) is 21.6. The van der Waals surface area contributed by atoms with Crippen molar-refractivity contribution in [3.05, 3.63) is 0 Å². The molecule has 9 nitrogen and oxygen atoms in total. The van der Waals surface area contributed by atoms with Gasteiger partial charge in [0.05, 0.1) is 21.1 Å². The molecule has 0 aromatic carbocycles. The molecule has 0 fully saturated rings. The Bertz CT molecular complexity index is 405. The maximum absolute atomic E-state index is 11.0. The number of nitrogens with two attached hydrogens (primary N) is 2. The lowest BCUT2D eigenvalue weighted by Crippen LogP contribution is -2.45. The minimum absolute atomic E-state index is 0. The third-order valence-electron chi connectivity index (χ3n) is 2.77. The summed E-state index contributed by atoms with van der Waals surface area (Å²) >= 11 is 0. The molecular weight excluding hydrogens is 389 g/mol. The highest BCUT2D eigenvalue weighted by Gasteiger charge is 2.21. The maximum Gasteiger partial charge on any atom is 0.320 e. The number of ether oxygens (including phenoxy) is 1. The first-order valence-corrected chi connectivity index (χ1v) is 7.81. The molecule has 0 saturated carbocycles. The van der Waals surface area contributed by atoms with E-state index in [1.165, 1.54) is 0 Å².